The molecule has 1 aromatic heterocycles. The number of benzene rings is 1. The van der Waals surface area contributed by atoms with Crippen molar-refractivity contribution < 1.29 is 17.6 Å². The number of sulfone groups is 1. The van der Waals surface area contributed by atoms with E-state index in [1.807, 2.05) is 0 Å². The molecule has 4 nitrogen and oxygen atoms in total. The van der Waals surface area contributed by atoms with Crippen molar-refractivity contribution in [3.63, 3.8) is 0 Å². The Kier molecular flexibility index (Phi) is 3.53. The van der Waals surface area contributed by atoms with Crippen molar-refractivity contribution >= 4 is 15.6 Å². The van der Waals surface area contributed by atoms with Gasteiger partial charge in [0.05, 0.1) is 10.6 Å². The average Bonchev–Trinajstić information content (AvgIpc) is 2.75. The van der Waals surface area contributed by atoms with E-state index in [0.29, 0.717) is 5.69 Å². The lowest BCUT2D eigenvalue weighted by Gasteiger charge is -2.05. The van der Waals surface area contributed by atoms with Crippen molar-refractivity contribution in [3.05, 3.63) is 54.1 Å². The van der Waals surface area contributed by atoms with E-state index in [0.717, 1.165) is 12.1 Å². The van der Waals surface area contributed by atoms with Crippen LogP contribution in [0.2, 0.25) is 0 Å². The van der Waals surface area contributed by atoms with Crippen LogP contribution in [-0.2, 0) is 16.9 Å². The van der Waals surface area contributed by atoms with Gasteiger partial charge in [-0.05, 0) is 30.3 Å². The molecule has 0 saturated carbocycles. The number of rotatable bonds is 4. The van der Waals surface area contributed by atoms with E-state index in [9.17, 15) is 17.6 Å². The van der Waals surface area contributed by atoms with Gasteiger partial charge in [0, 0.05) is 13.2 Å². The van der Waals surface area contributed by atoms with Gasteiger partial charge in [-0.2, -0.15) is 0 Å². The van der Waals surface area contributed by atoms with Crippen LogP contribution >= 0.6 is 0 Å². The zero-order valence-corrected chi connectivity index (χ0v) is 11.0. The molecule has 0 aliphatic carbocycles. The molecule has 6 heteroatoms. The van der Waals surface area contributed by atoms with Crippen LogP contribution in [0.4, 0.5) is 4.39 Å². The molecular formula is C13H12FNO3S. The lowest BCUT2D eigenvalue weighted by atomic mass is 10.3. The molecule has 0 bridgehead atoms. The second-order valence-electron chi connectivity index (χ2n) is 4.14. The minimum atomic E-state index is -3.83. The first-order chi connectivity index (χ1) is 8.90. The summed E-state index contributed by atoms with van der Waals surface area (Å²) in [6.07, 6.45) is 1.65. The van der Waals surface area contributed by atoms with E-state index in [-0.39, 0.29) is 4.90 Å². The number of ketones is 1. The van der Waals surface area contributed by atoms with Gasteiger partial charge >= 0.3 is 0 Å². The molecule has 2 rings (SSSR count). The van der Waals surface area contributed by atoms with Crippen molar-refractivity contribution in [2.24, 2.45) is 7.05 Å². The van der Waals surface area contributed by atoms with Gasteiger partial charge in [0.2, 0.25) is 0 Å². The highest BCUT2D eigenvalue weighted by Crippen LogP contribution is 2.14. The molecule has 1 aromatic carbocycles. The van der Waals surface area contributed by atoms with E-state index in [4.69, 9.17) is 0 Å². The lowest BCUT2D eigenvalue weighted by molar-refractivity contribution is 0.101. The van der Waals surface area contributed by atoms with Crippen molar-refractivity contribution in [2.75, 3.05) is 5.75 Å². The minimum absolute atomic E-state index is 0.185. The zero-order chi connectivity index (χ0) is 14.0. The predicted octanol–water partition coefficient (Wildman–Crippen LogP) is 1.82. The van der Waals surface area contributed by atoms with Crippen LogP contribution in [0.15, 0.2) is 47.5 Å². The van der Waals surface area contributed by atoms with Crippen molar-refractivity contribution in [2.45, 2.75) is 4.90 Å². The smallest absolute Gasteiger partial charge is 0.194 e. The van der Waals surface area contributed by atoms with Crippen LogP contribution in [-0.4, -0.2) is 24.5 Å². The maximum absolute atomic E-state index is 13.0. The van der Waals surface area contributed by atoms with Gasteiger partial charge in [-0.3, -0.25) is 4.79 Å². The van der Waals surface area contributed by atoms with Crippen LogP contribution < -0.4 is 0 Å². The molecular weight excluding hydrogens is 269 g/mol. The third-order valence-electron chi connectivity index (χ3n) is 2.71. The summed E-state index contributed by atoms with van der Waals surface area (Å²) in [5.74, 6) is -1.84. The summed E-state index contributed by atoms with van der Waals surface area (Å²) in [4.78, 5) is 11.7. The Labute approximate surface area is 110 Å². The first kappa shape index (κ1) is 13.5. The van der Waals surface area contributed by atoms with E-state index in [2.05, 4.69) is 0 Å². The summed E-state index contributed by atoms with van der Waals surface area (Å²) in [7, 11) is -2.17. The minimum Gasteiger partial charge on any atom is -0.348 e. The highest BCUT2D eigenvalue weighted by atomic mass is 32.2. The van der Waals surface area contributed by atoms with Gasteiger partial charge in [0.25, 0.3) is 0 Å². The molecule has 0 amide bonds. The topological polar surface area (TPSA) is 56.1 Å². The Morgan fingerprint density at radius 2 is 2.00 bits per heavy atom. The first-order valence-corrected chi connectivity index (χ1v) is 7.18. The fourth-order valence-electron chi connectivity index (χ4n) is 1.74. The third-order valence-corrected chi connectivity index (χ3v) is 4.32. The van der Waals surface area contributed by atoms with Crippen LogP contribution in [0.5, 0.6) is 0 Å². The molecule has 100 valence electrons. The zero-order valence-electron chi connectivity index (χ0n) is 10.2. The maximum Gasteiger partial charge on any atom is 0.194 e. The Bertz CT molecular complexity index is 719. The summed E-state index contributed by atoms with van der Waals surface area (Å²) in [5.41, 5.74) is 0.306. The van der Waals surface area contributed by atoms with E-state index >= 15 is 0 Å². The molecule has 2 aromatic rings. The monoisotopic (exact) mass is 281 g/mol. The highest BCUT2D eigenvalue weighted by molar-refractivity contribution is 7.92. The Morgan fingerprint density at radius 1 is 1.26 bits per heavy atom. The number of carbonyl (C=O) groups is 1. The van der Waals surface area contributed by atoms with E-state index in [1.165, 1.54) is 12.1 Å². The second-order valence-corrected chi connectivity index (χ2v) is 6.13. The summed E-state index contributed by atoms with van der Waals surface area (Å²) in [6.45, 7) is 0. The third kappa shape index (κ3) is 2.90. The maximum atomic E-state index is 13.0. The number of halogens is 1. The number of Topliss-reactive ketones (excluding diaryl/α,β-unsaturated/α-hetero) is 1. The lowest BCUT2D eigenvalue weighted by Crippen LogP contribution is -2.18. The molecule has 0 fully saturated rings. The number of hydrogen-bond acceptors (Lipinski definition) is 3. The Hall–Kier alpha value is -1.95. The first-order valence-electron chi connectivity index (χ1n) is 5.53. The normalized spacial score (nSPS) is 11.5. The number of hydrogen-bond donors (Lipinski definition) is 0. The predicted molar refractivity (Wildman–Crippen MR) is 68.2 cm³/mol. The molecule has 0 aliphatic heterocycles. The number of nitrogens with zero attached hydrogens (tertiary/aromatic N) is 1. The van der Waals surface area contributed by atoms with Gasteiger partial charge in [-0.15, -0.1) is 0 Å². The quantitative estimate of drug-likeness (QED) is 0.803. The molecule has 0 radical (unpaired) electrons. The van der Waals surface area contributed by atoms with Crippen molar-refractivity contribution in [1.82, 2.24) is 4.57 Å². The molecule has 0 N–H and O–H groups in total. The molecule has 0 unspecified atom stereocenters. The van der Waals surface area contributed by atoms with Crippen LogP contribution in [0.1, 0.15) is 10.5 Å². The van der Waals surface area contributed by atoms with Gasteiger partial charge < -0.3 is 4.57 Å². The van der Waals surface area contributed by atoms with Gasteiger partial charge in [0.1, 0.15) is 11.6 Å². The molecule has 0 atom stereocenters. The molecule has 1 heterocycles. The molecule has 0 spiro atoms. The summed E-state index contributed by atoms with van der Waals surface area (Å²) >= 11 is 0. The number of carbonyl (C=O) groups excluding carboxylic acids is 1. The van der Waals surface area contributed by atoms with Crippen LogP contribution in [0, 0.1) is 5.82 Å². The van der Waals surface area contributed by atoms with Gasteiger partial charge in [0.15, 0.2) is 15.6 Å². The fourth-order valence-corrected chi connectivity index (χ4v) is 2.98. The van der Waals surface area contributed by atoms with Crippen molar-refractivity contribution in [3.8, 4) is 0 Å². The number of aryl methyl sites for hydroxylation is 1. The average molecular weight is 281 g/mol. The SMILES string of the molecule is Cn1cccc1C(=O)CS(=O)(=O)c1cccc(F)c1. The second kappa shape index (κ2) is 4.97. The van der Waals surface area contributed by atoms with Gasteiger partial charge in [-0.1, -0.05) is 6.07 Å². The Morgan fingerprint density at radius 3 is 2.58 bits per heavy atom. The summed E-state index contributed by atoms with van der Waals surface area (Å²) in [5, 5.41) is 0. The van der Waals surface area contributed by atoms with Crippen LogP contribution in [0.25, 0.3) is 0 Å². The summed E-state index contributed by atoms with van der Waals surface area (Å²) < 4.78 is 38.6. The molecule has 0 saturated heterocycles. The van der Waals surface area contributed by atoms with Crippen molar-refractivity contribution in [1.29, 1.82) is 0 Å². The molecule has 0 aliphatic rings. The van der Waals surface area contributed by atoms with Gasteiger partial charge in [-0.25, -0.2) is 12.8 Å². The fraction of sp³-hybridized carbons (Fsp3) is 0.154. The standard InChI is InChI=1S/C13H12FNO3S/c1-15-7-3-6-12(15)13(16)9-19(17,18)11-5-2-4-10(14)8-11/h2-8H,9H2,1H3. The van der Waals surface area contributed by atoms with Crippen LogP contribution in [0.3, 0.4) is 0 Å². The highest BCUT2D eigenvalue weighted by Gasteiger charge is 2.22. The Balaban J connectivity index is 2.28. The largest absolute Gasteiger partial charge is 0.348 e. The van der Waals surface area contributed by atoms with E-state index in [1.54, 1.807) is 29.9 Å². The number of aromatic nitrogens is 1. The van der Waals surface area contributed by atoms with E-state index < -0.39 is 27.2 Å². The molecule has 19 heavy (non-hydrogen) atoms. The summed E-state index contributed by atoms with van der Waals surface area (Å²) in [6, 6.07) is 7.84.